The third-order valence-corrected chi connectivity index (χ3v) is 27.4. The normalized spacial score (nSPS) is 13.2. The summed E-state index contributed by atoms with van der Waals surface area (Å²) < 4.78 is 61.8. The lowest BCUT2D eigenvalue weighted by Crippen LogP contribution is -2.31. The average molecular weight is 2040 g/mol. The van der Waals surface area contributed by atoms with Crippen LogP contribution < -0.4 is 47.4 Å². The van der Waals surface area contributed by atoms with Gasteiger partial charge in [-0.1, -0.05) is 302 Å². The zero-order valence-electron chi connectivity index (χ0n) is 87.5. The minimum atomic E-state index is -1.10. The van der Waals surface area contributed by atoms with Crippen molar-refractivity contribution in [3.63, 3.8) is 0 Å². The molecule has 0 aromatic heterocycles. The van der Waals surface area contributed by atoms with Crippen LogP contribution in [0, 0.1) is 27.7 Å². The van der Waals surface area contributed by atoms with Gasteiger partial charge in [-0.2, -0.15) is 0 Å². The fourth-order valence-corrected chi connectivity index (χ4v) is 20.0. The molecule has 1 fully saturated rings. The first-order valence-electron chi connectivity index (χ1n) is 52.1. The molecule has 0 atom stereocenters. The number of ether oxygens (including phenoxy) is 11. The van der Waals surface area contributed by atoms with Crippen molar-refractivity contribution >= 4 is 5.97 Å². The van der Waals surface area contributed by atoms with E-state index >= 15 is 0 Å². The molecule has 0 saturated heterocycles. The molecule has 22 heteroatoms. The van der Waals surface area contributed by atoms with Gasteiger partial charge in [0.05, 0.1) is 77.0 Å². The Kier molecular flexibility index (Phi) is 45.1. The quantitative estimate of drug-likeness (QED) is 0.0125. The second-order valence-electron chi connectivity index (χ2n) is 37.8. The summed E-state index contributed by atoms with van der Waals surface area (Å²) in [6.07, 6.45) is 14.1. The Balaban J connectivity index is 0.000000166. The molecule has 2 aliphatic rings. The molecule has 22 nitrogen and oxygen atoms in total. The number of hydrogen-bond donors (Lipinski definition) is 10. The summed E-state index contributed by atoms with van der Waals surface area (Å²) in [5.74, 6) is 7.08. The van der Waals surface area contributed by atoms with E-state index in [1.165, 1.54) is 85.6 Å². The van der Waals surface area contributed by atoms with Gasteiger partial charge >= 0.3 is 5.97 Å². The van der Waals surface area contributed by atoms with Gasteiger partial charge in [0.1, 0.15) is 124 Å². The van der Waals surface area contributed by atoms with Gasteiger partial charge in [0.15, 0.2) is 5.60 Å². The maximum Gasteiger partial charge on any atom is 0.340 e. The van der Waals surface area contributed by atoms with E-state index in [4.69, 9.17) is 103 Å². The van der Waals surface area contributed by atoms with Gasteiger partial charge in [-0.15, -0.1) is 0 Å². The molecule has 1 saturated carbocycles. The summed E-state index contributed by atoms with van der Waals surface area (Å²) >= 11 is 0. The van der Waals surface area contributed by atoms with E-state index in [1.807, 2.05) is 173 Å². The SMILES string of the molecule is CC(c1ccccc1)(c1ccc(OCCO)cc1)c1ccc(OCCO)cc1.Cc1cc(C(C)(C)c2cc(C)c(OCCO)c(C)c2)cc(C)c1OCCO.O=C1OC(c2ccc(OCCO)cc2)(c2ccc(OCCO)cc2)c2ccccc21.OCCOc1ccc(C(c2ccccc2)(c2ccccc2)c2ccc(OCCO)cc2)cc1.OCCOc1ccc(C2(c3ccc(OCCO)cc3)CCCCCCCCCCC2)cc1. The van der Waals surface area contributed by atoms with E-state index in [-0.39, 0.29) is 128 Å². The van der Waals surface area contributed by atoms with Gasteiger partial charge in [0.2, 0.25) is 0 Å². The molecule has 10 N–H and O–H groups in total. The van der Waals surface area contributed by atoms with Crippen LogP contribution in [0.2, 0.25) is 0 Å². The van der Waals surface area contributed by atoms with E-state index in [2.05, 4.69) is 178 Å². The second kappa shape index (κ2) is 58.9. The highest BCUT2D eigenvalue weighted by molar-refractivity contribution is 5.96. The molecule has 0 spiro atoms. The fraction of sp³-hybridized carbons (Fsp3) is 0.336. The standard InChI is InChI=1S/C29H28O4.C28H40O4.C24H22O6.C24H26O4.C23H32O4/c30-19-21-32-27-15-11-25(12-16-27)29(23-7-3-1-4-8-23,24-9-5-2-6-10-24)26-13-17-28(18-14-26)33-22-20-31;29-20-22-31-26-14-10-24(11-15-26)28(25-12-16-27(17-13-25)32-23-21-30)18-8-6-4-2-1-3-5-7-9-19-28;25-13-15-28-19-9-5-17(6-10-19)24(18-7-11-20(12-8-18)29-16-14-26)22-4-2-1-3-21(22)23(27)30-24;1-24(19-5-3-2-4-6-19,20-7-11-22(12-8-20)27-17-15-25)21-9-13-23(14-10-21)28-18-16-26;1-15-11-19(12-16(2)21(15)26-9-7-24)23(5,6)20-13-17(3)22(18(4)14-20)27-10-8-25/h1-18,30-31H,19-22H2;10-17,29-30H,1-9,18-23H2;1-12,25-26H,13-16H2;2-14,25-26H,15-18H2,1H3;11-14,24-25H,7-10H2,1-6H3. The van der Waals surface area contributed by atoms with Crippen LogP contribution in [-0.2, 0) is 32.0 Å². The number of fused-ring (bicyclic) bond motifs is 1. The van der Waals surface area contributed by atoms with Crippen LogP contribution in [-0.4, -0.2) is 189 Å². The molecule has 0 bridgehead atoms. The Morgan fingerprint density at radius 3 is 0.747 bits per heavy atom. The summed E-state index contributed by atoms with van der Waals surface area (Å²) in [5.41, 5.74) is 18.0. The van der Waals surface area contributed by atoms with Gasteiger partial charge < -0.3 is 103 Å². The molecular formula is C128H148O22. The van der Waals surface area contributed by atoms with Crippen LogP contribution in [0.4, 0.5) is 0 Å². The maximum atomic E-state index is 12.7. The molecule has 16 rings (SSSR count). The molecular weight excluding hydrogens is 1890 g/mol. The molecule has 14 aromatic carbocycles. The van der Waals surface area contributed by atoms with Crippen LogP contribution in [0.1, 0.15) is 202 Å². The van der Waals surface area contributed by atoms with Gasteiger partial charge in [-0.05, 0) is 234 Å². The van der Waals surface area contributed by atoms with Crippen molar-refractivity contribution in [3.05, 3.63) is 439 Å². The Morgan fingerprint density at radius 1 is 0.247 bits per heavy atom. The summed E-state index contributed by atoms with van der Waals surface area (Å²) in [5, 5.41) is 90.1. The van der Waals surface area contributed by atoms with E-state index in [1.54, 1.807) is 30.3 Å². The molecule has 14 aromatic rings. The molecule has 1 aliphatic carbocycles. The number of esters is 1. The van der Waals surface area contributed by atoms with Gasteiger partial charge in [-0.3, -0.25) is 0 Å². The van der Waals surface area contributed by atoms with Crippen LogP contribution in [0.5, 0.6) is 57.5 Å². The van der Waals surface area contributed by atoms with Crippen molar-refractivity contribution in [1.82, 2.24) is 0 Å². The van der Waals surface area contributed by atoms with E-state index in [0.717, 1.165) is 131 Å². The largest absolute Gasteiger partial charge is 0.491 e. The number of benzene rings is 14. The van der Waals surface area contributed by atoms with Crippen molar-refractivity contribution in [2.45, 2.75) is 146 Å². The number of rotatable bonds is 43. The van der Waals surface area contributed by atoms with Crippen LogP contribution in [0.25, 0.3) is 0 Å². The smallest absolute Gasteiger partial charge is 0.340 e. The predicted molar refractivity (Wildman–Crippen MR) is 588 cm³/mol. The summed E-state index contributed by atoms with van der Waals surface area (Å²) in [6.45, 7) is 17.4. The second-order valence-corrected chi connectivity index (χ2v) is 37.8. The Morgan fingerprint density at radius 2 is 0.467 bits per heavy atom. The molecule has 792 valence electrons. The summed E-state index contributed by atoms with van der Waals surface area (Å²) in [6, 6.07) is 111. The fourth-order valence-electron chi connectivity index (χ4n) is 20.0. The zero-order chi connectivity index (χ0) is 106. The molecule has 0 unspecified atom stereocenters. The lowest BCUT2D eigenvalue weighted by Gasteiger charge is -2.37. The minimum absolute atomic E-state index is 0.00577. The van der Waals surface area contributed by atoms with Crippen molar-refractivity contribution in [1.29, 1.82) is 0 Å². The Labute approximate surface area is 884 Å². The van der Waals surface area contributed by atoms with Gasteiger partial charge in [0.25, 0.3) is 0 Å². The van der Waals surface area contributed by atoms with Crippen LogP contribution in [0.15, 0.2) is 334 Å². The molecule has 1 heterocycles. The maximum absolute atomic E-state index is 12.7. The number of aliphatic hydroxyl groups is 10. The van der Waals surface area contributed by atoms with Crippen molar-refractivity contribution in [3.8, 4) is 57.5 Å². The lowest BCUT2D eigenvalue weighted by molar-refractivity contribution is 0.0251. The highest BCUT2D eigenvalue weighted by Gasteiger charge is 2.49. The van der Waals surface area contributed by atoms with Crippen LogP contribution in [0.3, 0.4) is 0 Å². The van der Waals surface area contributed by atoms with Crippen LogP contribution >= 0.6 is 0 Å². The van der Waals surface area contributed by atoms with Gasteiger partial charge in [0, 0.05) is 32.9 Å². The van der Waals surface area contributed by atoms with Crippen molar-refractivity contribution in [2.24, 2.45) is 0 Å². The number of aryl methyl sites for hydroxylation is 4. The Bertz CT molecular complexity index is 5920. The number of aliphatic hydroxyl groups excluding tert-OH is 10. The van der Waals surface area contributed by atoms with E-state index in [0.29, 0.717) is 43.5 Å². The minimum Gasteiger partial charge on any atom is -0.491 e. The highest BCUT2D eigenvalue weighted by atomic mass is 16.6. The number of carbonyl (C=O) groups is 1. The first-order chi connectivity index (χ1) is 73.1. The average Bonchev–Trinajstić information content (AvgIpc) is 1.60. The number of carbonyl (C=O) groups excluding carboxylic acids is 1. The summed E-state index contributed by atoms with van der Waals surface area (Å²) in [7, 11) is 0. The lowest BCUT2D eigenvalue weighted by atomic mass is 9.65. The Hall–Kier alpha value is -13.9. The summed E-state index contributed by atoms with van der Waals surface area (Å²) in [4.78, 5) is 12.7. The van der Waals surface area contributed by atoms with Crippen molar-refractivity contribution < 1.29 is 108 Å². The predicted octanol–water partition coefficient (Wildman–Crippen LogP) is 21.5. The molecule has 150 heavy (non-hydrogen) atoms. The molecule has 1 aliphatic heterocycles. The van der Waals surface area contributed by atoms with Gasteiger partial charge in [-0.25, -0.2) is 4.79 Å². The molecule has 0 amide bonds. The third-order valence-electron chi connectivity index (χ3n) is 27.4. The number of cyclic esters (lactones) is 1. The topological polar surface area (TPSA) is 321 Å². The van der Waals surface area contributed by atoms with E-state index in [9.17, 15) is 4.79 Å². The first-order valence-corrected chi connectivity index (χ1v) is 52.1. The number of hydrogen-bond acceptors (Lipinski definition) is 22. The highest BCUT2D eigenvalue weighted by Crippen LogP contribution is 2.51. The van der Waals surface area contributed by atoms with Crippen molar-refractivity contribution in [2.75, 3.05) is 132 Å². The van der Waals surface area contributed by atoms with E-state index < -0.39 is 11.0 Å². The third kappa shape index (κ3) is 29.9. The monoisotopic (exact) mass is 2040 g/mol. The molecule has 0 radical (unpaired) electrons. The first kappa shape index (κ1) is 115. The zero-order valence-corrected chi connectivity index (χ0v) is 87.5.